The molecule has 1 amide bonds. The average molecular weight is 507 g/mol. The maximum Gasteiger partial charge on any atom is 0.338 e. The number of nitrogens with zero attached hydrogens (tertiary/aromatic N) is 1. The fraction of sp³-hybridized carbons (Fsp3) is 0.286. The van der Waals surface area contributed by atoms with E-state index in [0.717, 1.165) is 48.1 Å². The molecule has 1 N–H and O–H groups in total. The summed E-state index contributed by atoms with van der Waals surface area (Å²) in [4.78, 5) is 25.1. The lowest BCUT2D eigenvalue weighted by molar-refractivity contribution is -0.119. The molecule has 1 aliphatic heterocycles. The standard InChI is InChI=1S/C28H30N2O5S/c1-3-20-10-7-11-21(4-2)27(20)29-26(31)19-35-28(32)23-14-16-24(17-15-23)36(33,34)30-18-8-12-22-9-5-6-13-25(22)30/h5-7,9-11,13-17H,3-4,8,12,18-19H2,1-2H3,(H,29,31). The van der Waals surface area contributed by atoms with Crippen LogP contribution in [0.1, 0.15) is 47.3 Å². The van der Waals surface area contributed by atoms with Crippen LogP contribution in [0.15, 0.2) is 71.6 Å². The van der Waals surface area contributed by atoms with Crippen LogP contribution in [0, 0.1) is 0 Å². The van der Waals surface area contributed by atoms with Crippen molar-refractivity contribution < 1.29 is 22.7 Å². The Kier molecular flexibility index (Phi) is 7.74. The fourth-order valence-corrected chi connectivity index (χ4v) is 5.97. The summed E-state index contributed by atoms with van der Waals surface area (Å²) in [5.41, 5.74) is 4.65. The van der Waals surface area contributed by atoms with Crippen LogP contribution in [0.5, 0.6) is 0 Å². The monoisotopic (exact) mass is 506 g/mol. The van der Waals surface area contributed by atoms with E-state index in [0.29, 0.717) is 12.2 Å². The molecule has 0 spiro atoms. The van der Waals surface area contributed by atoms with Crippen LogP contribution in [0.25, 0.3) is 0 Å². The van der Waals surface area contributed by atoms with Gasteiger partial charge in [-0.05, 0) is 72.7 Å². The van der Waals surface area contributed by atoms with E-state index >= 15 is 0 Å². The van der Waals surface area contributed by atoms with E-state index in [1.807, 2.05) is 56.3 Å². The van der Waals surface area contributed by atoms with E-state index in [9.17, 15) is 18.0 Å². The molecular formula is C28H30N2O5S. The van der Waals surface area contributed by atoms with Crippen LogP contribution in [0.4, 0.5) is 11.4 Å². The van der Waals surface area contributed by atoms with Crippen molar-refractivity contribution in [1.29, 1.82) is 0 Å². The lowest BCUT2D eigenvalue weighted by Gasteiger charge is -2.30. The summed E-state index contributed by atoms with van der Waals surface area (Å²) in [5, 5.41) is 2.86. The first-order valence-electron chi connectivity index (χ1n) is 12.1. The quantitative estimate of drug-likeness (QED) is 0.445. The van der Waals surface area contributed by atoms with E-state index < -0.39 is 28.5 Å². The largest absolute Gasteiger partial charge is 0.452 e. The van der Waals surface area contributed by atoms with Gasteiger partial charge in [0.25, 0.3) is 15.9 Å². The third-order valence-corrected chi connectivity index (χ3v) is 8.17. The summed E-state index contributed by atoms with van der Waals surface area (Å²) >= 11 is 0. The van der Waals surface area contributed by atoms with Crippen LogP contribution in [-0.2, 0) is 38.8 Å². The van der Waals surface area contributed by atoms with Gasteiger partial charge < -0.3 is 10.1 Å². The zero-order chi connectivity index (χ0) is 25.7. The summed E-state index contributed by atoms with van der Waals surface area (Å²) in [6.07, 6.45) is 3.11. The first-order valence-corrected chi connectivity index (χ1v) is 13.6. The van der Waals surface area contributed by atoms with Gasteiger partial charge >= 0.3 is 5.97 Å². The van der Waals surface area contributed by atoms with Crippen LogP contribution in [0.3, 0.4) is 0 Å². The Bertz CT molecular complexity index is 1340. The van der Waals surface area contributed by atoms with Gasteiger partial charge in [0.1, 0.15) is 0 Å². The molecule has 0 unspecified atom stereocenters. The van der Waals surface area contributed by atoms with Gasteiger partial charge in [-0.1, -0.05) is 50.2 Å². The lowest BCUT2D eigenvalue weighted by atomic mass is 10.0. The number of hydrogen-bond acceptors (Lipinski definition) is 5. The van der Waals surface area contributed by atoms with Crippen LogP contribution < -0.4 is 9.62 Å². The number of carbonyl (C=O) groups excluding carboxylic acids is 2. The number of sulfonamides is 1. The third kappa shape index (κ3) is 5.28. The Morgan fingerprint density at radius 2 is 1.58 bits per heavy atom. The smallest absolute Gasteiger partial charge is 0.338 e. The van der Waals surface area contributed by atoms with Gasteiger partial charge in [0.2, 0.25) is 0 Å². The van der Waals surface area contributed by atoms with Crippen LogP contribution in [-0.4, -0.2) is 33.4 Å². The van der Waals surface area contributed by atoms with Crippen molar-refractivity contribution in [2.24, 2.45) is 0 Å². The minimum absolute atomic E-state index is 0.0942. The summed E-state index contributed by atoms with van der Waals surface area (Å²) in [5.74, 6) is -1.13. The minimum Gasteiger partial charge on any atom is -0.452 e. The molecule has 0 saturated heterocycles. The number of rotatable bonds is 8. The molecule has 1 aliphatic rings. The van der Waals surface area contributed by atoms with Gasteiger partial charge in [0.15, 0.2) is 6.61 Å². The molecule has 0 aliphatic carbocycles. The summed E-state index contributed by atoms with van der Waals surface area (Å²) in [6, 6.07) is 19.0. The second kappa shape index (κ2) is 11.0. The Balaban J connectivity index is 1.41. The highest BCUT2D eigenvalue weighted by Gasteiger charge is 2.29. The molecule has 0 radical (unpaired) electrons. The van der Waals surface area contributed by atoms with Crippen molar-refractivity contribution in [3.8, 4) is 0 Å². The number of hydrogen-bond donors (Lipinski definition) is 1. The second-order valence-corrected chi connectivity index (χ2v) is 10.5. The summed E-state index contributed by atoms with van der Waals surface area (Å²) < 4.78 is 33.2. The first kappa shape index (κ1) is 25.4. The molecular weight excluding hydrogens is 476 g/mol. The maximum atomic E-state index is 13.3. The fourth-order valence-electron chi connectivity index (χ4n) is 4.43. The molecule has 0 bridgehead atoms. The number of aryl methyl sites for hydroxylation is 3. The summed E-state index contributed by atoms with van der Waals surface area (Å²) in [6.45, 7) is 3.99. The Labute approximate surface area is 212 Å². The predicted molar refractivity (Wildman–Crippen MR) is 140 cm³/mol. The summed E-state index contributed by atoms with van der Waals surface area (Å²) in [7, 11) is -3.77. The maximum absolute atomic E-state index is 13.3. The van der Waals surface area contributed by atoms with Crippen LogP contribution >= 0.6 is 0 Å². The van der Waals surface area contributed by atoms with Crippen molar-refractivity contribution in [2.75, 3.05) is 22.8 Å². The highest BCUT2D eigenvalue weighted by molar-refractivity contribution is 7.92. The number of amides is 1. The molecule has 8 heteroatoms. The van der Waals surface area contributed by atoms with Crippen molar-refractivity contribution in [1.82, 2.24) is 0 Å². The SMILES string of the molecule is CCc1cccc(CC)c1NC(=O)COC(=O)c1ccc(S(=O)(=O)N2CCCc3ccccc32)cc1. The molecule has 0 atom stereocenters. The highest BCUT2D eigenvalue weighted by Crippen LogP contribution is 2.31. The van der Waals surface area contributed by atoms with Gasteiger partial charge in [-0.3, -0.25) is 9.10 Å². The zero-order valence-electron chi connectivity index (χ0n) is 20.5. The lowest BCUT2D eigenvalue weighted by Crippen LogP contribution is -2.35. The second-order valence-electron chi connectivity index (χ2n) is 8.62. The van der Waals surface area contributed by atoms with E-state index in [1.165, 1.54) is 28.6 Å². The molecule has 36 heavy (non-hydrogen) atoms. The molecule has 3 aromatic rings. The van der Waals surface area contributed by atoms with Gasteiger partial charge in [-0.15, -0.1) is 0 Å². The van der Waals surface area contributed by atoms with Gasteiger partial charge in [0, 0.05) is 12.2 Å². The number of para-hydroxylation sites is 2. The van der Waals surface area contributed by atoms with E-state index in [4.69, 9.17) is 4.74 Å². The van der Waals surface area contributed by atoms with Crippen LogP contribution in [0.2, 0.25) is 0 Å². The normalized spacial score (nSPS) is 13.1. The number of benzene rings is 3. The molecule has 0 saturated carbocycles. The van der Waals surface area contributed by atoms with E-state index in [2.05, 4.69) is 5.32 Å². The number of fused-ring (bicyclic) bond motifs is 1. The number of nitrogens with one attached hydrogen (secondary N) is 1. The van der Waals surface area contributed by atoms with E-state index in [-0.39, 0.29) is 10.5 Å². The first-order chi connectivity index (χ1) is 17.3. The topological polar surface area (TPSA) is 92.8 Å². The third-order valence-electron chi connectivity index (χ3n) is 6.34. The van der Waals surface area contributed by atoms with Crippen molar-refractivity contribution >= 4 is 33.3 Å². The Morgan fingerprint density at radius 3 is 2.25 bits per heavy atom. The Hall–Kier alpha value is -3.65. The number of ether oxygens (including phenoxy) is 1. The number of esters is 1. The van der Waals surface area contributed by atoms with Crippen molar-refractivity contribution in [2.45, 2.75) is 44.4 Å². The highest BCUT2D eigenvalue weighted by atomic mass is 32.2. The molecule has 4 rings (SSSR count). The van der Waals surface area contributed by atoms with Gasteiger partial charge in [-0.2, -0.15) is 0 Å². The molecule has 0 aromatic heterocycles. The number of carbonyl (C=O) groups is 2. The molecule has 3 aromatic carbocycles. The number of anilines is 2. The average Bonchev–Trinajstić information content (AvgIpc) is 2.91. The van der Waals surface area contributed by atoms with E-state index in [1.54, 1.807) is 0 Å². The molecule has 7 nitrogen and oxygen atoms in total. The molecule has 188 valence electrons. The molecule has 1 heterocycles. The van der Waals surface area contributed by atoms with Gasteiger partial charge in [0.05, 0.1) is 16.1 Å². The van der Waals surface area contributed by atoms with Crippen molar-refractivity contribution in [3.05, 3.63) is 89.0 Å². The minimum atomic E-state index is -3.77. The Morgan fingerprint density at radius 1 is 0.917 bits per heavy atom. The van der Waals surface area contributed by atoms with Crippen molar-refractivity contribution in [3.63, 3.8) is 0 Å². The van der Waals surface area contributed by atoms with Gasteiger partial charge in [-0.25, -0.2) is 13.2 Å². The molecule has 0 fully saturated rings. The predicted octanol–water partition coefficient (Wildman–Crippen LogP) is 4.75. The zero-order valence-corrected chi connectivity index (χ0v) is 21.3.